The number of aryl methyl sites for hydroxylation is 1. The lowest BCUT2D eigenvalue weighted by molar-refractivity contribution is -0.113. The molecule has 0 saturated heterocycles. The van der Waals surface area contributed by atoms with E-state index < -0.39 is 0 Å². The Kier molecular flexibility index (Phi) is 5.89. The SMILES string of the molecule is CCc1cccc(NC(=O)CSc2nnc(-c3nc(-c4ccccc4)no3)n2C)c1. The molecule has 2 aromatic heterocycles. The number of thioether (sulfide) groups is 1. The molecule has 0 atom stereocenters. The number of nitrogens with zero attached hydrogens (tertiary/aromatic N) is 5. The molecule has 0 saturated carbocycles. The van der Waals surface area contributed by atoms with E-state index in [-0.39, 0.29) is 17.6 Å². The van der Waals surface area contributed by atoms with E-state index in [4.69, 9.17) is 4.52 Å². The number of anilines is 1. The third-order valence-corrected chi connectivity index (χ3v) is 5.46. The van der Waals surface area contributed by atoms with E-state index >= 15 is 0 Å². The third-order valence-electron chi connectivity index (χ3n) is 4.44. The largest absolute Gasteiger partial charge is 0.330 e. The predicted molar refractivity (Wildman–Crippen MR) is 115 cm³/mol. The summed E-state index contributed by atoms with van der Waals surface area (Å²) in [5.74, 6) is 1.31. The van der Waals surface area contributed by atoms with E-state index in [1.54, 1.807) is 11.6 Å². The number of hydrogen-bond acceptors (Lipinski definition) is 7. The molecule has 0 aliphatic carbocycles. The van der Waals surface area contributed by atoms with E-state index in [1.165, 1.54) is 17.3 Å². The average molecular weight is 420 g/mol. The van der Waals surface area contributed by atoms with Gasteiger partial charge in [-0.2, -0.15) is 4.98 Å². The predicted octanol–water partition coefficient (Wildman–Crippen LogP) is 3.83. The highest BCUT2D eigenvalue weighted by Gasteiger charge is 2.19. The van der Waals surface area contributed by atoms with Crippen LogP contribution in [0.15, 0.2) is 64.3 Å². The third kappa shape index (κ3) is 4.41. The fourth-order valence-electron chi connectivity index (χ4n) is 2.84. The standard InChI is InChI=1S/C21H20N6O2S/c1-3-14-8-7-11-16(12-14)22-17(28)13-30-21-25-24-19(27(21)2)20-23-18(26-29-20)15-9-5-4-6-10-15/h4-12H,3,13H2,1-2H3,(H,22,28). The Bertz CT molecular complexity index is 1160. The van der Waals surface area contributed by atoms with E-state index in [9.17, 15) is 4.79 Å². The summed E-state index contributed by atoms with van der Waals surface area (Å²) in [6, 6.07) is 17.4. The molecule has 0 unspecified atom stereocenters. The zero-order valence-corrected chi connectivity index (χ0v) is 17.4. The van der Waals surface area contributed by atoms with E-state index in [2.05, 4.69) is 32.6 Å². The van der Waals surface area contributed by atoms with Crippen molar-refractivity contribution in [2.45, 2.75) is 18.5 Å². The van der Waals surface area contributed by atoms with Gasteiger partial charge in [-0.3, -0.25) is 4.79 Å². The van der Waals surface area contributed by atoms with Gasteiger partial charge in [0.15, 0.2) is 5.16 Å². The van der Waals surface area contributed by atoms with Crippen LogP contribution in [0.5, 0.6) is 0 Å². The van der Waals surface area contributed by atoms with Crippen LogP contribution in [0.4, 0.5) is 5.69 Å². The Morgan fingerprint density at radius 1 is 1.13 bits per heavy atom. The first-order valence-corrected chi connectivity index (χ1v) is 10.4. The number of amides is 1. The first-order valence-electron chi connectivity index (χ1n) is 9.44. The van der Waals surface area contributed by atoms with Gasteiger partial charge in [-0.1, -0.05) is 66.3 Å². The minimum Gasteiger partial charge on any atom is -0.330 e. The van der Waals surface area contributed by atoms with Crippen molar-refractivity contribution in [3.8, 4) is 23.1 Å². The smallest absolute Gasteiger partial charge is 0.296 e. The molecule has 4 rings (SSSR count). The maximum Gasteiger partial charge on any atom is 0.296 e. The fourth-order valence-corrected chi connectivity index (χ4v) is 3.55. The van der Waals surface area contributed by atoms with Crippen LogP contribution >= 0.6 is 11.8 Å². The molecule has 0 aliphatic heterocycles. The summed E-state index contributed by atoms with van der Waals surface area (Å²) >= 11 is 1.29. The summed E-state index contributed by atoms with van der Waals surface area (Å²) in [4.78, 5) is 16.7. The zero-order chi connectivity index (χ0) is 20.9. The molecule has 0 radical (unpaired) electrons. The Hall–Kier alpha value is -3.46. The van der Waals surface area contributed by atoms with Crippen LogP contribution in [-0.2, 0) is 18.3 Å². The van der Waals surface area contributed by atoms with Crippen molar-refractivity contribution in [3.05, 3.63) is 60.2 Å². The monoisotopic (exact) mass is 420 g/mol. The molecule has 0 aliphatic rings. The van der Waals surface area contributed by atoms with Gasteiger partial charge in [0.25, 0.3) is 5.89 Å². The lowest BCUT2D eigenvalue weighted by atomic mass is 10.1. The maximum atomic E-state index is 12.3. The van der Waals surface area contributed by atoms with Crippen LogP contribution in [0.1, 0.15) is 12.5 Å². The van der Waals surface area contributed by atoms with Crippen LogP contribution in [0.2, 0.25) is 0 Å². The number of carbonyl (C=O) groups is 1. The van der Waals surface area contributed by atoms with Gasteiger partial charge in [-0.25, -0.2) is 0 Å². The summed E-state index contributed by atoms with van der Waals surface area (Å²) in [6.07, 6.45) is 0.918. The minimum atomic E-state index is -0.109. The van der Waals surface area contributed by atoms with E-state index in [1.807, 2.05) is 54.6 Å². The van der Waals surface area contributed by atoms with Gasteiger partial charge < -0.3 is 14.4 Å². The first kappa shape index (κ1) is 19.8. The summed E-state index contributed by atoms with van der Waals surface area (Å²) in [6.45, 7) is 2.08. The lowest BCUT2D eigenvalue weighted by Crippen LogP contribution is -2.14. The molecule has 4 aromatic rings. The maximum absolute atomic E-state index is 12.3. The van der Waals surface area contributed by atoms with Gasteiger partial charge in [-0.05, 0) is 24.1 Å². The number of benzene rings is 2. The molecule has 30 heavy (non-hydrogen) atoms. The van der Waals surface area contributed by atoms with Crippen molar-refractivity contribution in [2.24, 2.45) is 7.05 Å². The normalized spacial score (nSPS) is 10.9. The Labute approximate surface area is 177 Å². The van der Waals surface area contributed by atoms with Gasteiger partial charge in [0.1, 0.15) is 0 Å². The summed E-state index contributed by atoms with van der Waals surface area (Å²) in [7, 11) is 1.80. The molecule has 1 N–H and O–H groups in total. The van der Waals surface area contributed by atoms with Gasteiger partial charge in [-0.15, -0.1) is 10.2 Å². The second-order valence-electron chi connectivity index (χ2n) is 6.55. The van der Waals surface area contributed by atoms with Crippen molar-refractivity contribution in [2.75, 3.05) is 11.1 Å². The topological polar surface area (TPSA) is 98.7 Å². The molecule has 0 fully saturated rings. The van der Waals surface area contributed by atoms with Gasteiger partial charge >= 0.3 is 0 Å². The second-order valence-corrected chi connectivity index (χ2v) is 7.49. The molecule has 9 heteroatoms. The van der Waals surface area contributed by atoms with Crippen LogP contribution in [0.3, 0.4) is 0 Å². The van der Waals surface area contributed by atoms with Crippen LogP contribution in [0, 0.1) is 0 Å². The van der Waals surface area contributed by atoms with Crippen molar-refractivity contribution in [1.29, 1.82) is 0 Å². The molecular weight excluding hydrogens is 400 g/mol. The number of aromatic nitrogens is 5. The Morgan fingerprint density at radius 3 is 2.77 bits per heavy atom. The Morgan fingerprint density at radius 2 is 1.97 bits per heavy atom. The quantitative estimate of drug-likeness (QED) is 0.454. The summed E-state index contributed by atoms with van der Waals surface area (Å²) in [5, 5.41) is 15.8. The highest BCUT2D eigenvalue weighted by Crippen LogP contribution is 2.24. The van der Waals surface area contributed by atoms with E-state index in [0.717, 1.165) is 17.7 Å². The van der Waals surface area contributed by atoms with Crippen LogP contribution < -0.4 is 5.32 Å². The molecule has 1 amide bonds. The molecular formula is C21H20N6O2S. The summed E-state index contributed by atoms with van der Waals surface area (Å²) < 4.78 is 7.09. The molecule has 2 heterocycles. The van der Waals surface area contributed by atoms with Crippen LogP contribution in [0.25, 0.3) is 23.1 Å². The minimum absolute atomic E-state index is 0.109. The van der Waals surface area contributed by atoms with Crippen molar-refractivity contribution in [3.63, 3.8) is 0 Å². The number of hydrogen-bond donors (Lipinski definition) is 1. The zero-order valence-electron chi connectivity index (χ0n) is 16.6. The lowest BCUT2D eigenvalue weighted by Gasteiger charge is -2.06. The number of carbonyl (C=O) groups excluding carboxylic acids is 1. The van der Waals surface area contributed by atoms with Gasteiger partial charge in [0.05, 0.1) is 5.75 Å². The molecule has 0 bridgehead atoms. The van der Waals surface area contributed by atoms with Gasteiger partial charge in [0.2, 0.25) is 17.6 Å². The molecule has 2 aromatic carbocycles. The van der Waals surface area contributed by atoms with Gasteiger partial charge in [0, 0.05) is 18.3 Å². The van der Waals surface area contributed by atoms with Crippen molar-refractivity contribution >= 4 is 23.4 Å². The fraction of sp³-hybridized carbons (Fsp3) is 0.190. The molecule has 0 spiro atoms. The van der Waals surface area contributed by atoms with Crippen molar-refractivity contribution < 1.29 is 9.32 Å². The van der Waals surface area contributed by atoms with Crippen molar-refractivity contribution in [1.82, 2.24) is 24.9 Å². The summed E-state index contributed by atoms with van der Waals surface area (Å²) in [5.41, 5.74) is 2.82. The Balaban J connectivity index is 1.41. The highest BCUT2D eigenvalue weighted by molar-refractivity contribution is 7.99. The molecule has 8 nitrogen and oxygen atoms in total. The first-order chi connectivity index (χ1) is 14.6. The molecule has 152 valence electrons. The number of nitrogens with one attached hydrogen (secondary N) is 1. The number of rotatable bonds is 7. The highest BCUT2D eigenvalue weighted by atomic mass is 32.2. The van der Waals surface area contributed by atoms with Crippen LogP contribution in [-0.4, -0.2) is 36.6 Å². The average Bonchev–Trinajstić information content (AvgIpc) is 3.40. The van der Waals surface area contributed by atoms with E-state index in [0.29, 0.717) is 16.8 Å². The second kappa shape index (κ2) is 8.91.